The van der Waals surface area contributed by atoms with Gasteiger partial charge < -0.3 is 19.7 Å². The molecule has 3 aromatic rings. The van der Waals surface area contributed by atoms with Gasteiger partial charge in [-0.25, -0.2) is 0 Å². The first-order valence-electron chi connectivity index (χ1n) is 10.4. The molecule has 32 heavy (non-hydrogen) atoms. The number of carbonyl (C=O) groups is 2. The lowest BCUT2D eigenvalue weighted by Gasteiger charge is -2.31. The number of nitrogens with one attached hydrogen (secondary N) is 2. The van der Waals surface area contributed by atoms with Crippen LogP contribution in [0, 0.1) is 5.92 Å². The van der Waals surface area contributed by atoms with Crippen LogP contribution in [0.4, 0.5) is 5.69 Å². The number of ether oxygens (including phenoxy) is 2. The molecule has 1 unspecified atom stereocenters. The summed E-state index contributed by atoms with van der Waals surface area (Å²) in [4.78, 5) is 31.7. The molecule has 1 fully saturated rings. The number of methoxy groups -OCH3 is 2. The molecule has 9 nitrogen and oxygen atoms in total. The van der Waals surface area contributed by atoms with Gasteiger partial charge >= 0.3 is 0 Å². The summed E-state index contributed by atoms with van der Waals surface area (Å²) < 4.78 is 10.6. The van der Waals surface area contributed by atoms with Crippen molar-refractivity contribution < 1.29 is 19.1 Å². The Balaban J connectivity index is 1.43. The molecular formula is C23H25N5O4. The van der Waals surface area contributed by atoms with Gasteiger partial charge in [0.15, 0.2) is 0 Å². The molecule has 166 valence electrons. The Morgan fingerprint density at radius 3 is 2.81 bits per heavy atom. The highest BCUT2D eigenvalue weighted by molar-refractivity contribution is 5.96. The summed E-state index contributed by atoms with van der Waals surface area (Å²) in [7, 11) is 3.11. The van der Waals surface area contributed by atoms with Crippen LogP contribution in [0.2, 0.25) is 0 Å². The predicted octanol–water partition coefficient (Wildman–Crippen LogP) is 2.98. The zero-order chi connectivity index (χ0) is 22.5. The Bertz CT molecular complexity index is 1100. The predicted molar refractivity (Wildman–Crippen MR) is 119 cm³/mol. The average molecular weight is 435 g/mol. The number of pyridine rings is 1. The van der Waals surface area contributed by atoms with Gasteiger partial charge in [0.25, 0.3) is 5.91 Å². The van der Waals surface area contributed by atoms with Crippen molar-refractivity contribution in [2.24, 2.45) is 5.92 Å². The number of amides is 2. The van der Waals surface area contributed by atoms with E-state index in [0.717, 1.165) is 12.0 Å². The molecule has 0 saturated carbocycles. The minimum absolute atomic E-state index is 0.147. The van der Waals surface area contributed by atoms with Crippen LogP contribution < -0.4 is 14.8 Å². The van der Waals surface area contributed by atoms with Crippen LogP contribution in [0.1, 0.15) is 23.3 Å². The number of hydrogen-bond acceptors (Lipinski definition) is 6. The number of carbonyl (C=O) groups excluding carboxylic acids is 2. The van der Waals surface area contributed by atoms with Crippen molar-refractivity contribution in [3.63, 3.8) is 0 Å². The summed E-state index contributed by atoms with van der Waals surface area (Å²) in [5.41, 5.74) is 2.43. The smallest absolute Gasteiger partial charge is 0.271 e. The van der Waals surface area contributed by atoms with E-state index in [4.69, 9.17) is 9.47 Å². The van der Waals surface area contributed by atoms with E-state index in [1.54, 1.807) is 48.7 Å². The second-order valence-corrected chi connectivity index (χ2v) is 7.55. The number of nitrogens with zero attached hydrogens (tertiary/aromatic N) is 3. The van der Waals surface area contributed by atoms with Crippen LogP contribution >= 0.6 is 0 Å². The zero-order valence-electron chi connectivity index (χ0n) is 18.0. The van der Waals surface area contributed by atoms with E-state index in [2.05, 4.69) is 20.5 Å². The van der Waals surface area contributed by atoms with Crippen LogP contribution in [0.25, 0.3) is 11.3 Å². The minimum Gasteiger partial charge on any atom is -0.497 e. The first kappa shape index (κ1) is 21.4. The van der Waals surface area contributed by atoms with Gasteiger partial charge in [-0.1, -0.05) is 0 Å². The monoisotopic (exact) mass is 435 g/mol. The fourth-order valence-corrected chi connectivity index (χ4v) is 3.78. The number of likely N-dealkylation sites (tertiary alicyclic amines) is 1. The van der Waals surface area contributed by atoms with Crippen molar-refractivity contribution in [2.75, 3.05) is 32.6 Å². The maximum absolute atomic E-state index is 13.0. The van der Waals surface area contributed by atoms with Crippen molar-refractivity contribution in [1.82, 2.24) is 20.1 Å². The molecule has 0 spiro atoms. The molecule has 2 N–H and O–H groups in total. The van der Waals surface area contributed by atoms with E-state index in [1.807, 2.05) is 12.1 Å². The second kappa shape index (κ2) is 9.51. The summed E-state index contributed by atoms with van der Waals surface area (Å²) >= 11 is 0. The van der Waals surface area contributed by atoms with Crippen LogP contribution in [-0.4, -0.2) is 59.2 Å². The third kappa shape index (κ3) is 4.56. The van der Waals surface area contributed by atoms with E-state index in [-0.39, 0.29) is 17.7 Å². The number of H-pyrrole nitrogens is 1. The molecule has 1 saturated heterocycles. The Hall–Kier alpha value is -3.88. The van der Waals surface area contributed by atoms with Crippen LogP contribution in [0.5, 0.6) is 11.5 Å². The van der Waals surface area contributed by atoms with Crippen LogP contribution in [0.3, 0.4) is 0 Å². The highest BCUT2D eigenvalue weighted by Crippen LogP contribution is 2.30. The van der Waals surface area contributed by atoms with Gasteiger partial charge in [0, 0.05) is 37.1 Å². The van der Waals surface area contributed by atoms with Crippen molar-refractivity contribution >= 4 is 17.5 Å². The SMILES string of the molecule is COc1ccc(NC(=O)C2CCCN(C(=O)c3cc(-c4cccnc4)n[nH]3)C2)c(OC)c1. The van der Waals surface area contributed by atoms with Gasteiger partial charge in [-0.2, -0.15) is 5.10 Å². The van der Waals surface area contributed by atoms with Crippen molar-refractivity contribution in [3.05, 3.63) is 54.5 Å². The maximum atomic E-state index is 13.0. The number of anilines is 1. The van der Waals surface area contributed by atoms with E-state index < -0.39 is 0 Å². The maximum Gasteiger partial charge on any atom is 0.271 e. The molecule has 0 radical (unpaired) electrons. The number of benzene rings is 1. The molecule has 0 bridgehead atoms. The van der Waals surface area contributed by atoms with Crippen molar-refractivity contribution in [1.29, 1.82) is 0 Å². The lowest BCUT2D eigenvalue weighted by Crippen LogP contribution is -2.43. The topological polar surface area (TPSA) is 109 Å². The number of piperidine rings is 1. The first-order chi connectivity index (χ1) is 15.6. The van der Waals surface area contributed by atoms with E-state index in [1.165, 1.54) is 7.11 Å². The number of hydrogen-bond donors (Lipinski definition) is 2. The van der Waals surface area contributed by atoms with Gasteiger partial charge in [0.2, 0.25) is 5.91 Å². The molecular weight excluding hydrogens is 410 g/mol. The zero-order valence-corrected chi connectivity index (χ0v) is 18.0. The van der Waals surface area contributed by atoms with Gasteiger partial charge in [-0.05, 0) is 43.2 Å². The van der Waals surface area contributed by atoms with Gasteiger partial charge in [-0.15, -0.1) is 0 Å². The Kier molecular flexibility index (Phi) is 6.34. The summed E-state index contributed by atoms with van der Waals surface area (Å²) in [5, 5.41) is 9.97. The van der Waals surface area contributed by atoms with Gasteiger partial charge in [0.05, 0.1) is 31.5 Å². The number of aromatic amines is 1. The molecule has 2 aromatic heterocycles. The summed E-state index contributed by atoms with van der Waals surface area (Å²) in [6.07, 6.45) is 4.83. The van der Waals surface area contributed by atoms with Crippen molar-refractivity contribution in [2.45, 2.75) is 12.8 Å². The largest absolute Gasteiger partial charge is 0.497 e. The van der Waals surface area contributed by atoms with E-state index in [9.17, 15) is 9.59 Å². The molecule has 1 aliphatic heterocycles. The van der Waals surface area contributed by atoms with E-state index >= 15 is 0 Å². The minimum atomic E-state index is -0.319. The highest BCUT2D eigenvalue weighted by atomic mass is 16.5. The number of aromatic nitrogens is 3. The molecule has 2 amide bonds. The third-order valence-electron chi connectivity index (χ3n) is 5.51. The summed E-state index contributed by atoms with van der Waals surface area (Å²) in [6, 6.07) is 10.6. The van der Waals surface area contributed by atoms with Crippen LogP contribution in [0.15, 0.2) is 48.8 Å². The molecule has 0 aliphatic carbocycles. The van der Waals surface area contributed by atoms with Gasteiger partial charge in [-0.3, -0.25) is 19.7 Å². The Morgan fingerprint density at radius 2 is 2.06 bits per heavy atom. The van der Waals surface area contributed by atoms with E-state index in [0.29, 0.717) is 48.1 Å². The Labute approximate surface area is 185 Å². The standard InChI is InChI=1S/C23H25N5O4/c1-31-17-7-8-18(21(11-17)32-2)25-22(29)16-6-4-10-28(14-16)23(30)20-12-19(26-27-20)15-5-3-9-24-13-15/h3,5,7-9,11-13,16H,4,6,10,14H2,1-2H3,(H,25,29)(H,26,27). The average Bonchev–Trinajstić information content (AvgIpc) is 3.35. The molecule has 4 rings (SSSR count). The fourth-order valence-electron chi connectivity index (χ4n) is 3.78. The second-order valence-electron chi connectivity index (χ2n) is 7.55. The summed E-state index contributed by atoms with van der Waals surface area (Å²) in [5.74, 6) is 0.514. The third-order valence-corrected chi connectivity index (χ3v) is 5.51. The Morgan fingerprint density at radius 1 is 1.19 bits per heavy atom. The molecule has 1 aromatic carbocycles. The van der Waals surface area contributed by atoms with Crippen LogP contribution in [-0.2, 0) is 4.79 Å². The fraction of sp³-hybridized carbons (Fsp3) is 0.304. The molecule has 9 heteroatoms. The highest BCUT2D eigenvalue weighted by Gasteiger charge is 2.30. The lowest BCUT2D eigenvalue weighted by molar-refractivity contribution is -0.121. The lowest BCUT2D eigenvalue weighted by atomic mass is 9.96. The quantitative estimate of drug-likeness (QED) is 0.616. The van der Waals surface area contributed by atoms with Crippen molar-refractivity contribution in [3.8, 4) is 22.8 Å². The molecule has 1 atom stereocenters. The number of rotatable bonds is 6. The molecule has 1 aliphatic rings. The van der Waals surface area contributed by atoms with Gasteiger partial charge in [0.1, 0.15) is 17.2 Å². The summed E-state index contributed by atoms with van der Waals surface area (Å²) in [6.45, 7) is 0.931. The normalized spacial score (nSPS) is 15.8. The first-order valence-corrected chi connectivity index (χ1v) is 10.4. The molecule has 3 heterocycles.